The Morgan fingerprint density at radius 3 is 2.62 bits per heavy atom. The van der Waals surface area contributed by atoms with Crippen molar-refractivity contribution in [3.05, 3.63) is 65.2 Å². The Morgan fingerprint density at radius 2 is 1.93 bits per heavy atom. The van der Waals surface area contributed by atoms with Crippen LogP contribution in [0.15, 0.2) is 54.1 Å². The molecule has 6 heteroatoms. The normalized spacial score (nSPS) is 10.9. The van der Waals surface area contributed by atoms with Gasteiger partial charge in [-0.1, -0.05) is 36.4 Å². The summed E-state index contributed by atoms with van der Waals surface area (Å²) in [6.07, 6.45) is 2.22. The number of carbonyl (C=O) groups is 1. The molecule has 0 radical (unpaired) electrons. The maximum absolute atomic E-state index is 12.2. The molecular formula is C23H26N2O4. The number of hydrogen-bond acceptors (Lipinski definition) is 5. The minimum absolute atomic E-state index is 0.0304. The minimum atomic E-state index is -0.411. The molecule has 2 aromatic carbocycles. The van der Waals surface area contributed by atoms with E-state index in [1.165, 1.54) is 6.08 Å². The predicted molar refractivity (Wildman–Crippen MR) is 111 cm³/mol. The lowest BCUT2D eigenvalue weighted by Crippen LogP contribution is -2.26. The fraction of sp³-hybridized carbons (Fsp3) is 0.304. The zero-order chi connectivity index (χ0) is 20.9. The molecule has 0 saturated heterocycles. The van der Waals surface area contributed by atoms with Gasteiger partial charge in [0.25, 0.3) is 5.91 Å². The first-order chi connectivity index (χ1) is 14.2. The van der Waals surface area contributed by atoms with Crippen LogP contribution >= 0.6 is 0 Å². The van der Waals surface area contributed by atoms with Gasteiger partial charge in [0, 0.05) is 20.3 Å². The lowest BCUT2D eigenvalue weighted by molar-refractivity contribution is -0.117. The van der Waals surface area contributed by atoms with Gasteiger partial charge in [-0.05, 0) is 42.7 Å². The van der Waals surface area contributed by atoms with Crippen molar-refractivity contribution < 1.29 is 19.0 Å². The fourth-order valence-electron chi connectivity index (χ4n) is 2.57. The van der Waals surface area contributed by atoms with Crippen LogP contribution in [-0.4, -0.2) is 32.8 Å². The van der Waals surface area contributed by atoms with E-state index >= 15 is 0 Å². The van der Waals surface area contributed by atoms with E-state index in [1.807, 2.05) is 43.3 Å². The molecule has 0 fully saturated rings. The molecule has 2 aromatic rings. The molecule has 2 rings (SSSR count). The number of amides is 1. The number of carbonyl (C=O) groups excluding carboxylic acids is 1. The molecule has 152 valence electrons. The van der Waals surface area contributed by atoms with Crippen molar-refractivity contribution in [1.29, 1.82) is 5.26 Å². The second-order valence-electron chi connectivity index (χ2n) is 6.19. The van der Waals surface area contributed by atoms with Crippen molar-refractivity contribution in [3.8, 4) is 17.6 Å². The first-order valence-corrected chi connectivity index (χ1v) is 9.50. The molecule has 0 unspecified atom stereocenters. The van der Waals surface area contributed by atoms with Gasteiger partial charge in [0.05, 0.1) is 6.61 Å². The lowest BCUT2D eigenvalue weighted by Gasteiger charge is -2.13. The van der Waals surface area contributed by atoms with E-state index < -0.39 is 5.91 Å². The van der Waals surface area contributed by atoms with Gasteiger partial charge < -0.3 is 19.5 Å². The van der Waals surface area contributed by atoms with Crippen LogP contribution in [0.4, 0.5) is 0 Å². The van der Waals surface area contributed by atoms with Crippen LogP contribution in [0.25, 0.3) is 6.08 Å². The van der Waals surface area contributed by atoms with Gasteiger partial charge in [0.2, 0.25) is 0 Å². The van der Waals surface area contributed by atoms with Gasteiger partial charge in [-0.25, -0.2) is 0 Å². The summed E-state index contributed by atoms with van der Waals surface area (Å²) in [5.74, 6) is 0.760. The van der Waals surface area contributed by atoms with Crippen LogP contribution in [0.3, 0.4) is 0 Å². The lowest BCUT2D eigenvalue weighted by atomic mass is 10.1. The number of benzene rings is 2. The second kappa shape index (κ2) is 12.2. The summed E-state index contributed by atoms with van der Waals surface area (Å²) in [6, 6.07) is 17.1. The Morgan fingerprint density at radius 1 is 1.14 bits per heavy atom. The molecule has 29 heavy (non-hydrogen) atoms. The molecule has 0 aliphatic rings. The maximum atomic E-state index is 12.2. The number of methoxy groups -OCH3 is 1. The van der Waals surface area contributed by atoms with E-state index in [0.717, 1.165) is 5.56 Å². The van der Waals surface area contributed by atoms with Crippen molar-refractivity contribution in [1.82, 2.24) is 5.32 Å². The summed E-state index contributed by atoms with van der Waals surface area (Å²) >= 11 is 0. The zero-order valence-corrected chi connectivity index (χ0v) is 16.8. The maximum Gasteiger partial charge on any atom is 0.261 e. The molecule has 0 aromatic heterocycles. The zero-order valence-electron chi connectivity index (χ0n) is 16.8. The van der Waals surface area contributed by atoms with Gasteiger partial charge in [0.1, 0.15) is 18.2 Å². The van der Waals surface area contributed by atoms with E-state index in [2.05, 4.69) is 5.32 Å². The molecule has 1 amide bonds. The van der Waals surface area contributed by atoms with E-state index in [-0.39, 0.29) is 5.57 Å². The predicted octanol–water partition coefficient (Wildman–Crippen LogP) is 3.72. The second-order valence-corrected chi connectivity index (χ2v) is 6.19. The third kappa shape index (κ3) is 7.32. The fourth-order valence-corrected chi connectivity index (χ4v) is 2.57. The molecular weight excluding hydrogens is 368 g/mol. The SMILES string of the molecule is CCOc1cc(/C=C(\C#N)C(=O)NCCCOC)ccc1OCc1ccccc1. The number of nitrogens with zero attached hydrogens (tertiary/aromatic N) is 1. The third-order valence-electron chi connectivity index (χ3n) is 3.99. The van der Waals surface area contributed by atoms with Gasteiger partial charge in [-0.2, -0.15) is 5.26 Å². The van der Waals surface area contributed by atoms with Gasteiger partial charge in [-0.3, -0.25) is 4.79 Å². The smallest absolute Gasteiger partial charge is 0.261 e. The van der Waals surface area contributed by atoms with E-state index in [9.17, 15) is 10.1 Å². The minimum Gasteiger partial charge on any atom is -0.490 e. The van der Waals surface area contributed by atoms with Crippen molar-refractivity contribution >= 4 is 12.0 Å². The average molecular weight is 394 g/mol. The molecule has 0 spiro atoms. The molecule has 0 bridgehead atoms. The number of rotatable bonds is 11. The number of hydrogen-bond donors (Lipinski definition) is 1. The standard InChI is InChI=1S/C23H26N2O4/c1-3-28-22-15-19(14-20(16-24)23(26)25-12-7-13-27-2)10-11-21(22)29-17-18-8-5-4-6-9-18/h4-6,8-11,14-15H,3,7,12-13,17H2,1-2H3,(H,25,26)/b20-14+. The highest BCUT2D eigenvalue weighted by Gasteiger charge is 2.11. The van der Waals surface area contributed by atoms with Gasteiger partial charge in [0.15, 0.2) is 11.5 Å². The van der Waals surface area contributed by atoms with Crippen molar-refractivity contribution in [2.45, 2.75) is 20.0 Å². The third-order valence-corrected chi connectivity index (χ3v) is 3.99. The van der Waals surface area contributed by atoms with E-state index in [4.69, 9.17) is 14.2 Å². The van der Waals surface area contributed by atoms with Crippen molar-refractivity contribution in [2.75, 3.05) is 26.9 Å². The summed E-state index contributed by atoms with van der Waals surface area (Å²) in [5, 5.41) is 12.1. The Bertz CT molecular complexity index is 857. The van der Waals surface area contributed by atoms with Crippen LogP contribution in [0.5, 0.6) is 11.5 Å². The summed E-state index contributed by atoms with van der Waals surface area (Å²) in [4.78, 5) is 12.2. The molecule has 0 saturated carbocycles. The molecule has 0 atom stereocenters. The van der Waals surface area contributed by atoms with Crippen molar-refractivity contribution in [3.63, 3.8) is 0 Å². The van der Waals surface area contributed by atoms with E-state index in [0.29, 0.717) is 49.8 Å². The van der Waals surface area contributed by atoms with Crippen molar-refractivity contribution in [2.24, 2.45) is 0 Å². The monoisotopic (exact) mass is 394 g/mol. The Balaban J connectivity index is 2.11. The summed E-state index contributed by atoms with van der Waals surface area (Å²) in [7, 11) is 1.60. The largest absolute Gasteiger partial charge is 0.490 e. The average Bonchev–Trinajstić information content (AvgIpc) is 2.75. The van der Waals surface area contributed by atoms with Crippen LogP contribution in [-0.2, 0) is 16.1 Å². The van der Waals surface area contributed by atoms with Gasteiger partial charge in [-0.15, -0.1) is 0 Å². The van der Waals surface area contributed by atoms with Crippen LogP contribution in [0.2, 0.25) is 0 Å². The Kier molecular flexibility index (Phi) is 9.26. The van der Waals surface area contributed by atoms with Gasteiger partial charge >= 0.3 is 0 Å². The molecule has 6 nitrogen and oxygen atoms in total. The molecule has 0 aliphatic heterocycles. The summed E-state index contributed by atoms with van der Waals surface area (Å²) in [5.41, 5.74) is 1.77. The topological polar surface area (TPSA) is 80.6 Å². The number of nitrogens with one attached hydrogen (secondary N) is 1. The number of nitriles is 1. The molecule has 0 heterocycles. The first kappa shape index (κ1) is 22.0. The highest BCUT2D eigenvalue weighted by atomic mass is 16.5. The Hall–Kier alpha value is -3.30. The quantitative estimate of drug-likeness (QED) is 0.357. The van der Waals surface area contributed by atoms with E-state index in [1.54, 1.807) is 25.3 Å². The molecule has 0 aliphatic carbocycles. The van der Waals surface area contributed by atoms with Crippen LogP contribution in [0.1, 0.15) is 24.5 Å². The first-order valence-electron chi connectivity index (χ1n) is 9.50. The van der Waals surface area contributed by atoms with Crippen LogP contribution < -0.4 is 14.8 Å². The Labute approximate surface area is 171 Å². The highest BCUT2D eigenvalue weighted by molar-refractivity contribution is 6.01. The summed E-state index contributed by atoms with van der Waals surface area (Å²) < 4.78 is 16.5. The number of ether oxygens (including phenoxy) is 3. The highest BCUT2D eigenvalue weighted by Crippen LogP contribution is 2.30. The molecule has 1 N–H and O–H groups in total. The summed E-state index contributed by atoms with van der Waals surface area (Å²) in [6.45, 7) is 3.78. The van der Waals surface area contributed by atoms with Crippen LogP contribution in [0, 0.1) is 11.3 Å².